The molecule has 1 amide bonds. The summed E-state index contributed by atoms with van der Waals surface area (Å²) in [6.07, 6.45) is 1.73. The molecular weight excluding hydrogens is 252 g/mol. The summed E-state index contributed by atoms with van der Waals surface area (Å²) in [5.74, 6) is -6.61. The number of nitrogens with one attached hydrogen (secondary N) is 2. The Morgan fingerprint density at radius 2 is 1.72 bits per heavy atom. The van der Waals surface area contributed by atoms with E-state index in [9.17, 15) is 22.4 Å². The van der Waals surface area contributed by atoms with Crippen LogP contribution in [0.25, 0.3) is 0 Å². The van der Waals surface area contributed by atoms with Gasteiger partial charge in [-0.15, -0.1) is 0 Å². The summed E-state index contributed by atoms with van der Waals surface area (Å²) in [7, 11) is 0. The minimum absolute atomic E-state index is 0.0956. The van der Waals surface area contributed by atoms with E-state index in [4.69, 9.17) is 0 Å². The molecule has 0 aromatic heterocycles. The van der Waals surface area contributed by atoms with Crippen LogP contribution in [0.1, 0.15) is 12.8 Å². The summed E-state index contributed by atoms with van der Waals surface area (Å²) < 4.78 is 52.1. The van der Waals surface area contributed by atoms with Crippen LogP contribution in [0, 0.1) is 23.3 Å². The number of benzene rings is 1. The molecule has 2 rings (SSSR count). The lowest BCUT2D eigenvalue weighted by molar-refractivity contribution is -0.119. The number of amides is 1. The number of carbonyl (C=O) groups excluding carboxylic acids is 1. The van der Waals surface area contributed by atoms with Gasteiger partial charge in [-0.3, -0.25) is 4.79 Å². The largest absolute Gasteiger partial charge is 0.371 e. The summed E-state index contributed by atoms with van der Waals surface area (Å²) in [6.45, 7) is -0.451. The Bertz CT molecular complexity index is 462. The molecule has 1 fully saturated rings. The van der Waals surface area contributed by atoms with Crippen molar-refractivity contribution >= 4 is 11.6 Å². The number of halogens is 4. The highest BCUT2D eigenvalue weighted by Gasteiger charge is 2.24. The van der Waals surface area contributed by atoms with Gasteiger partial charge in [-0.05, 0) is 12.8 Å². The van der Waals surface area contributed by atoms with Gasteiger partial charge in [-0.25, -0.2) is 17.6 Å². The fraction of sp³-hybridized carbons (Fsp3) is 0.364. The quantitative estimate of drug-likeness (QED) is 0.643. The third kappa shape index (κ3) is 2.72. The molecule has 7 heteroatoms. The van der Waals surface area contributed by atoms with Crippen LogP contribution in [0.3, 0.4) is 0 Å². The number of anilines is 1. The molecule has 2 N–H and O–H groups in total. The van der Waals surface area contributed by atoms with Crippen LogP contribution in [-0.4, -0.2) is 18.5 Å². The number of hydrogen-bond acceptors (Lipinski definition) is 2. The summed E-state index contributed by atoms with van der Waals surface area (Å²) in [5, 5.41) is 4.61. The van der Waals surface area contributed by atoms with Gasteiger partial charge in [-0.1, -0.05) is 0 Å². The van der Waals surface area contributed by atoms with E-state index in [-0.39, 0.29) is 12.1 Å². The van der Waals surface area contributed by atoms with Gasteiger partial charge >= 0.3 is 0 Å². The summed E-state index contributed by atoms with van der Waals surface area (Å²) in [6, 6.07) is 0.207. The van der Waals surface area contributed by atoms with Crippen molar-refractivity contribution in [2.24, 2.45) is 0 Å². The second-order valence-corrected chi connectivity index (χ2v) is 4.04. The molecule has 0 radical (unpaired) electrons. The Balaban J connectivity index is 2.05. The van der Waals surface area contributed by atoms with Crippen LogP contribution >= 0.6 is 0 Å². The Kier molecular flexibility index (Phi) is 3.40. The molecule has 1 aliphatic rings. The van der Waals surface area contributed by atoms with Gasteiger partial charge in [0.1, 0.15) is 5.69 Å². The van der Waals surface area contributed by atoms with E-state index in [1.54, 1.807) is 0 Å². The Hall–Kier alpha value is -1.79. The molecule has 1 aromatic rings. The third-order valence-electron chi connectivity index (χ3n) is 2.48. The Labute approximate surface area is 100 Å². The van der Waals surface area contributed by atoms with Crippen LogP contribution in [-0.2, 0) is 4.79 Å². The highest BCUT2D eigenvalue weighted by Crippen LogP contribution is 2.24. The van der Waals surface area contributed by atoms with E-state index in [0.29, 0.717) is 0 Å². The lowest BCUT2D eigenvalue weighted by Crippen LogP contribution is -2.31. The van der Waals surface area contributed by atoms with Gasteiger partial charge in [0, 0.05) is 12.1 Å². The zero-order valence-corrected chi connectivity index (χ0v) is 9.20. The van der Waals surface area contributed by atoms with Crippen LogP contribution < -0.4 is 10.6 Å². The highest BCUT2D eigenvalue weighted by atomic mass is 19.2. The van der Waals surface area contributed by atoms with Crippen molar-refractivity contribution < 1.29 is 22.4 Å². The molecule has 18 heavy (non-hydrogen) atoms. The zero-order chi connectivity index (χ0) is 13.3. The molecule has 1 aliphatic carbocycles. The van der Waals surface area contributed by atoms with Gasteiger partial charge in [0.25, 0.3) is 0 Å². The van der Waals surface area contributed by atoms with E-state index in [1.165, 1.54) is 0 Å². The van der Waals surface area contributed by atoms with Crippen molar-refractivity contribution in [2.75, 3.05) is 11.9 Å². The standard InChI is InChI=1S/C11H10F4N2O/c12-6-3-7(13)10(15)11(9(6)14)16-4-8(18)17-5-1-2-5/h3,5,16H,1-2,4H2,(H,17,18). The predicted octanol–water partition coefficient (Wildman–Crippen LogP) is 1.93. The molecule has 0 saturated heterocycles. The predicted molar refractivity (Wildman–Crippen MR) is 55.9 cm³/mol. The molecule has 0 aliphatic heterocycles. The second kappa shape index (κ2) is 4.83. The SMILES string of the molecule is O=C(CNc1c(F)c(F)cc(F)c1F)NC1CC1. The van der Waals surface area contributed by atoms with Gasteiger partial charge in [0.05, 0.1) is 6.54 Å². The van der Waals surface area contributed by atoms with Crippen molar-refractivity contribution in [3.05, 3.63) is 29.3 Å². The topological polar surface area (TPSA) is 41.1 Å². The maximum atomic E-state index is 13.2. The fourth-order valence-electron chi connectivity index (χ4n) is 1.40. The first-order valence-electron chi connectivity index (χ1n) is 5.35. The van der Waals surface area contributed by atoms with Crippen molar-refractivity contribution in [3.63, 3.8) is 0 Å². The van der Waals surface area contributed by atoms with Crippen molar-refractivity contribution in [2.45, 2.75) is 18.9 Å². The molecule has 3 nitrogen and oxygen atoms in total. The van der Waals surface area contributed by atoms with Crippen LogP contribution in [0.5, 0.6) is 0 Å². The molecule has 0 atom stereocenters. The highest BCUT2D eigenvalue weighted by molar-refractivity contribution is 5.81. The molecular formula is C11H10F4N2O. The molecule has 0 bridgehead atoms. The summed E-state index contributed by atoms with van der Waals surface area (Å²) >= 11 is 0. The average molecular weight is 262 g/mol. The normalized spacial score (nSPS) is 14.4. The molecule has 98 valence electrons. The van der Waals surface area contributed by atoms with Crippen LogP contribution in [0.15, 0.2) is 6.07 Å². The van der Waals surface area contributed by atoms with E-state index in [0.717, 1.165) is 12.8 Å². The average Bonchev–Trinajstić information content (AvgIpc) is 3.10. The van der Waals surface area contributed by atoms with Crippen LogP contribution in [0.4, 0.5) is 23.2 Å². The van der Waals surface area contributed by atoms with Crippen molar-refractivity contribution in [1.82, 2.24) is 5.32 Å². The van der Waals surface area contributed by atoms with E-state index in [2.05, 4.69) is 10.6 Å². The first-order valence-corrected chi connectivity index (χ1v) is 5.35. The van der Waals surface area contributed by atoms with E-state index >= 15 is 0 Å². The lowest BCUT2D eigenvalue weighted by Gasteiger charge is -2.09. The van der Waals surface area contributed by atoms with Gasteiger partial charge in [-0.2, -0.15) is 0 Å². The maximum Gasteiger partial charge on any atom is 0.239 e. The van der Waals surface area contributed by atoms with Crippen molar-refractivity contribution in [1.29, 1.82) is 0 Å². The molecule has 0 heterocycles. The molecule has 0 unspecified atom stereocenters. The van der Waals surface area contributed by atoms with Gasteiger partial charge in [0.15, 0.2) is 23.3 Å². The van der Waals surface area contributed by atoms with Gasteiger partial charge < -0.3 is 10.6 Å². The number of carbonyl (C=O) groups is 1. The monoisotopic (exact) mass is 262 g/mol. The fourth-order valence-corrected chi connectivity index (χ4v) is 1.40. The van der Waals surface area contributed by atoms with E-state index < -0.39 is 41.4 Å². The number of hydrogen-bond donors (Lipinski definition) is 2. The zero-order valence-electron chi connectivity index (χ0n) is 9.20. The summed E-state index contributed by atoms with van der Waals surface area (Å²) in [4.78, 5) is 11.3. The maximum absolute atomic E-state index is 13.2. The Morgan fingerprint density at radius 1 is 1.17 bits per heavy atom. The smallest absolute Gasteiger partial charge is 0.239 e. The first-order chi connectivity index (χ1) is 8.49. The van der Waals surface area contributed by atoms with Crippen LogP contribution in [0.2, 0.25) is 0 Å². The van der Waals surface area contributed by atoms with E-state index in [1.807, 2.05) is 0 Å². The second-order valence-electron chi connectivity index (χ2n) is 4.04. The van der Waals surface area contributed by atoms with Gasteiger partial charge in [0.2, 0.25) is 5.91 Å². The lowest BCUT2D eigenvalue weighted by atomic mass is 10.2. The Morgan fingerprint density at radius 3 is 2.22 bits per heavy atom. The molecule has 0 spiro atoms. The van der Waals surface area contributed by atoms with Crippen molar-refractivity contribution in [3.8, 4) is 0 Å². The number of rotatable bonds is 4. The molecule has 1 aromatic carbocycles. The summed E-state index contributed by atoms with van der Waals surface area (Å²) in [5.41, 5.74) is -0.974. The molecule has 1 saturated carbocycles. The first kappa shape index (κ1) is 12.7. The third-order valence-corrected chi connectivity index (χ3v) is 2.48. The minimum Gasteiger partial charge on any atom is -0.371 e. The minimum atomic E-state index is -1.55.